The Kier molecular flexibility index (Phi) is 8.35. The first kappa shape index (κ1) is 27.9. The maximum absolute atomic E-state index is 13.7. The minimum absolute atomic E-state index is 0.124. The number of amides is 1. The molecule has 0 atom stereocenters. The molecule has 0 unspecified atom stereocenters. The van der Waals surface area contributed by atoms with Crippen molar-refractivity contribution in [2.45, 2.75) is 45.9 Å². The van der Waals surface area contributed by atoms with E-state index in [1.807, 2.05) is 58.0 Å². The van der Waals surface area contributed by atoms with E-state index in [1.54, 1.807) is 42.6 Å². The van der Waals surface area contributed by atoms with Gasteiger partial charge in [-0.2, -0.15) is 5.10 Å². The van der Waals surface area contributed by atoms with Gasteiger partial charge in [-0.3, -0.25) is 9.10 Å². The first-order valence-electron chi connectivity index (χ1n) is 12.9. The van der Waals surface area contributed by atoms with Crippen molar-refractivity contribution in [2.75, 3.05) is 10.8 Å². The summed E-state index contributed by atoms with van der Waals surface area (Å²) in [5.74, 6) is -0.541. The number of carbonyl (C=O) groups excluding carboxylic acids is 1. The standard InChI is InChI=1S/C31H34N4O3S/c1-6-26-11-7-8-13-30(26)34(39(37,38)29-16-14-22(2)15-17-29)21-31(36)33-32-20-27-19-24(4)35(25(27)5)28-12-9-10-23(3)18-28/h7-20H,6,21H2,1-5H3,(H,33,36)/b32-20-. The second-order valence-electron chi connectivity index (χ2n) is 9.60. The summed E-state index contributed by atoms with van der Waals surface area (Å²) in [5.41, 5.74) is 9.87. The number of benzene rings is 3. The lowest BCUT2D eigenvalue weighted by Gasteiger charge is -2.25. The van der Waals surface area contributed by atoms with Crippen LogP contribution in [0.3, 0.4) is 0 Å². The number of para-hydroxylation sites is 1. The van der Waals surface area contributed by atoms with Gasteiger partial charge in [0.05, 0.1) is 16.8 Å². The highest BCUT2D eigenvalue weighted by molar-refractivity contribution is 7.92. The molecule has 1 heterocycles. The Morgan fingerprint density at radius 1 is 0.923 bits per heavy atom. The van der Waals surface area contributed by atoms with Crippen LogP contribution in [0.1, 0.15) is 40.6 Å². The van der Waals surface area contributed by atoms with Gasteiger partial charge in [0.1, 0.15) is 6.54 Å². The number of nitrogens with zero attached hydrogens (tertiary/aromatic N) is 3. The molecule has 0 bridgehead atoms. The van der Waals surface area contributed by atoms with E-state index in [4.69, 9.17) is 0 Å². The van der Waals surface area contributed by atoms with Crippen LogP contribution in [0.25, 0.3) is 5.69 Å². The molecule has 0 saturated heterocycles. The predicted octanol–water partition coefficient (Wildman–Crippen LogP) is 5.62. The molecule has 1 N–H and O–H groups in total. The monoisotopic (exact) mass is 542 g/mol. The van der Waals surface area contributed by atoms with Crippen molar-refractivity contribution in [3.05, 3.63) is 113 Å². The van der Waals surface area contributed by atoms with Gasteiger partial charge < -0.3 is 4.57 Å². The Morgan fingerprint density at radius 2 is 1.64 bits per heavy atom. The zero-order chi connectivity index (χ0) is 28.2. The molecule has 0 spiro atoms. The van der Waals surface area contributed by atoms with Gasteiger partial charge >= 0.3 is 0 Å². The van der Waals surface area contributed by atoms with E-state index in [0.717, 1.165) is 43.6 Å². The van der Waals surface area contributed by atoms with Crippen LogP contribution >= 0.6 is 0 Å². The molecule has 7 nitrogen and oxygen atoms in total. The van der Waals surface area contributed by atoms with E-state index in [0.29, 0.717) is 12.1 Å². The molecular formula is C31H34N4O3S. The van der Waals surface area contributed by atoms with Crippen LogP contribution in [0.2, 0.25) is 0 Å². The van der Waals surface area contributed by atoms with Gasteiger partial charge in [-0.05, 0) is 81.6 Å². The Bertz CT molecular complexity index is 1620. The van der Waals surface area contributed by atoms with Crippen LogP contribution in [0.4, 0.5) is 5.69 Å². The van der Waals surface area contributed by atoms with E-state index in [-0.39, 0.29) is 4.90 Å². The predicted molar refractivity (Wildman–Crippen MR) is 157 cm³/mol. The largest absolute Gasteiger partial charge is 0.318 e. The number of aryl methyl sites for hydroxylation is 4. The van der Waals surface area contributed by atoms with Gasteiger partial charge in [0.2, 0.25) is 0 Å². The molecule has 8 heteroatoms. The summed E-state index contributed by atoms with van der Waals surface area (Å²) in [5, 5.41) is 4.16. The van der Waals surface area contributed by atoms with E-state index in [1.165, 1.54) is 0 Å². The Balaban J connectivity index is 1.58. The lowest BCUT2D eigenvalue weighted by Crippen LogP contribution is -2.40. The molecule has 39 heavy (non-hydrogen) atoms. The Labute approximate surface area is 230 Å². The first-order chi connectivity index (χ1) is 18.6. The van der Waals surface area contributed by atoms with E-state index >= 15 is 0 Å². The molecule has 1 aromatic heterocycles. The number of hydrogen-bond acceptors (Lipinski definition) is 4. The maximum Gasteiger partial charge on any atom is 0.264 e. The molecule has 0 saturated carbocycles. The van der Waals surface area contributed by atoms with Crippen LogP contribution in [-0.4, -0.2) is 31.7 Å². The third kappa shape index (κ3) is 6.12. The van der Waals surface area contributed by atoms with Gasteiger partial charge in [-0.1, -0.05) is 55.0 Å². The Hall–Kier alpha value is -4.17. The summed E-state index contributed by atoms with van der Waals surface area (Å²) in [6, 6.07) is 24.1. The molecule has 4 rings (SSSR count). The number of hydrogen-bond donors (Lipinski definition) is 1. The average Bonchev–Trinajstić information content (AvgIpc) is 3.19. The smallest absolute Gasteiger partial charge is 0.264 e. The van der Waals surface area contributed by atoms with Crippen molar-refractivity contribution in [3.63, 3.8) is 0 Å². The minimum Gasteiger partial charge on any atom is -0.318 e. The fourth-order valence-corrected chi connectivity index (χ4v) is 6.07. The Morgan fingerprint density at radius 3 is 2.33 bits per heavy atom. The second-order valence-corrected chi connectivity index (χ2v) is 11.5. The lowest BCUT2D eigenvalue weighted by atomic mass is 10.1. The summed E-state index contributed by atoms with van der Waals surface area (Å²) in [4.78, 5) is 13.2. The van der Waals surface area contributed by atoms with Gasteiger partial charge in [-0.15, -0.1) is 0 Å². The molecule has 4 aromatic rings. The highest BCUT2D eigenvalue weighted by Gasteiger charge is 2.28. The van der Waals surface area contributed by atoms with Gasteiger partial charge in [0.15, 0.2) is 0 Å². The highest BCUT2D eigenvalue weighted by Crippen LogP contribution is 2.28. The second kappa shape index (κ2) is 11.7. The van der Waals surface area contributed by atoms with Crippen molar-refractivity contribution in [3.8, 4) is 5.69 Å². The van der Waals surface area contributed by atoms with Crippen LogP contribution < -0.4 is 9.73 Å². The number of aromatic nitrogens is 1. The topological polar surface area (TPSA) is 83.8 Å². The van der Waals surface area contributed by atoms with Crippen molar-refractivity contribution < 1.29 is 13.2 Å². The molecule has 0 aliphatic heterocycles. The molecular weight excluding hydrogens is 508 g/mol. The fraction of sp³-hybridized carbons (Fsp3) is 0.226. The average molecular weight is 543 g/mol. The highest BCUT2D eigenvalue weighted by atomic mass is 32.2. The first-order valence-corrected chi connectivity index (χ1v) is 14.3. The molecule has 0 radical (unpaired) electrons. The van der Waals surface area contributed by atoms with Crippen molar-refractivity contribution in [2.24, 2.45) is 5.10 Å². The van der Waals surface area contributed by atoms with Crippen LogP contribution in [-0.2, 0) is 21.2 Å². The summed E-state index contributed by atoms with van der Waals surface area (Å²) in [6.07, 6.45) is 2.21. The summed E-state index contributed by atoms with van der Waals surface area (Å²) < 4.78 is 30.7. The summed E-state index contributed by atoms with van der Waals surface area (Å²) in [7, 11) is -4.00. The molecule has 0 aliphatic rings. The normalized spacial score (nSPS) is 11.6. The zero-order valence-electron chi connectivity index (χ0n) is 23.0. The van der Waals surface area contributed by atoms with Crippen molar-refractivity contribution in [1.82, 2.24) is 9.99 Å². The summed E-state index contributed by atoms with van der Waals surface area (Å²) in [6.45, 7) is 9.50. The number of hydrazone groups is 1. The van der Waals surface area contributed by atoms with Crippen LogP contribution in [0.5, 0.6) is 0 Å². The fourth-order valence-electron chi connectivity index (χ4n) is 4.61. The molecule has 0 fully saturated rings. The molecule has 202 valence electrons. The summed E-state index contributed by atoms with van der Waals surface area (Å²) >= 11 is 0. The molecule has 0 aliphatic carbocycles. The van der Waals surface area contributed by atoms with Gasteiger partial charge in [-0.25, -0.2) is 13.8 Å². The maximum atomic E-state index is 13.7. The minimum atomic E-state index is -4.00. The zero-order valence-corrected chi connectivity index (χ0v) is 23.8. The molecule has 1 amide bonds. The SMILES string of the molecule is CCc1ccccc1N(CC(=O)N/N=C\c1cc(C)n(-c2cccc(C)c2)c1C)S(=O)(=O)c1ccc(C)cc1. The van der Waals surface area contributed by atoms with Crippen molar-refractivity contribution >= 4 is 27.8 Å². The number of carbonyl (C=O) groups is 1. The number of anilines is 1. The lowest BCUT2D eigenvalue weighted by molar-refractivity contribution is -0.119. The van der Waals surface area contributed by atoms with E-state index in [9.17, 15) is 13.2 Å². The third-order valence-corrected chi connectivity index (χ3v) is 8.43. The van der Waals surface area contributed by atoms with Gasteiger partial charge in [0.25, 0.3) is 15.9 Å². The third-order valence-electron chi connectivity index (χ3n) is 6.66. The van der Waals surface area contributed by atoms with Crippen LogP contribution in [0, 0.1) is 27.7 Å². The number of rotatable bonds is 9. The van der Waals surface area contributed by atoms with Crippen molar-refractivity contribution in [1.29, 1.82) is 0 Å². The quantitative estimate of drug-likeness (QED) is 0.220. The van der Waals surface area contributed by atoms with Crippen LogP contribution in [0.15, 0.2) is 88.9 Å². The molecule has 3 aromatic carbocycles. The van der Waals surface area contributed by atoms with E-state index in [2.05, 4.69) is 34.2 Å². The number of nitrogens with one attached hydrogen (secondary N) is 1. The van der Waals surface area contributed by atoms with Gasteiger partial charge in [0, 0.05) is 22.6 Å². The van der Waals surface area contributed by atoms with E-state index < -0.39 is 22.5 Å². The number of sulfonamides is 1.